The van der Waals surface area contributed by atoms with Crippen molar-refractivity contribution in [3.63, 3.8) is 0 Å². The Bertz CT molecular complexity index is 449. The minimum Gasteiger partial charge on any atom is -0.756 e. The number of unbranched alkanes of at least 4 members (excludes halogenated alkanes) is 5. The van der Waals surface area contributed by atoms with Gasteiger partial charge >= 0.3 is 0 Å². The molecule has 0 bridgehead atoms. The Kier molecular flexibility index (Phi) is 12.2. The molecule has 0 heterocycles. The summed E-state index contributed by atoms with van der Waals surface area (Å²) in [5, 5.41) is 2.80. The van der Waals surface area contributed by atoms with E-state index < -0.39 is 7.82 Å². The molecule has 1 unspecified atom stereocenters. The molecule has 1 amide bonds. The number of phosphoric acid groups is 1. The van der Waals surface area contributed by atoms with Crippen LogP contribution < -0.4 is 10.2 Å². The quantitative estimate of drug-likeness (QED) is 0.204. The minimum absolute atomic E-state index is 0.0946. The first kappa shape index (κ1) is 24.3. The number of quaternary nitrogens is 1. The third-order valence-corrected chi connectivity index (χ3v) is 4.50. The summed E-state index contributed by atoms with van der Waals surface area (Å²) in [7, 11) is 1.73. The van der Waals surface area contributed by atoms with Crippen molar-refractivity contribution in [3.8, 4) is 0 Å². The van der Waals surface area contributed by atoms with Crippen molar-refractivity contribution < 1.29 is 27.8 Å². The van der Waals surface area contributed by atoms with Crippen LogP contribution in [-0.2, 0) is 18.4 Å². The Morgan fingerprint density at radius 1 is 1.04 bits per heavy atom. The van der Waals surface area contributed by atoms with E-state index in [1.54, 1.807) is 6.92 Å². The van der Waals surface area contributed by atoms with Crippen molar-refractivity contribution >= 4 is 13.7 Å². The average molecular weight is 378 g/mol. The Morgan fingerprint density at radius 2 is 1.56 bits per heavy atom. The highest BCUT2D eigenvalue weighted by Gasteiger charge is 2.12. The van der Waals surface area contributed by atoms with E-state index in [0.717, 1.165) is 32.1 Å². The number of carbonyl (C=O) groups excluding carboxylic acids is 1. The van der Waals surface area contributed by atoms with E-state index >= 15 is 0 Å². The average Bonchev–Trinajstić information content (AvgIpc) is 2.47. The van der Waals surface area contributed by atoms with E-state index in [-0.39, 0.29) is 19.1 Å². The molecule has 0 aromatic heterocycles. The summed E-state index contributed by atoms with van der Waals surface area (Å²) >= 11 is 0. The van der Waals surface area contributed by atoms with E-state index in [4.69, 9.17) is 9.05 Å². The fraction of sp³-hybridized carbons (Fsp3) is 0.824. The first-order valence-corrected chi connectivity index (χ1v) is 10.3. The van der Waals surface area contributed by atoms with Crippen molar-refractivity contribution in [2.24, 2.45) is 0 Å². The Hall–Kier alpha value is -0.720. The molecule has 0 aromatic rings. The highest BCUT2D eigenvalue weighted by Crippen LogP contribution is 2.38. The Balaban J connectivity index is 3.49. The molecule has 1 atom stereocenters. The molecular weight excluding hydrogens is 343 g/mol. The molecule has 0 fully saturated rings. The summed E-state index contributed by atoms with van der Waals surface area (Å²) in [5.74, 6) is -0.0946. The predicted octanol–water partition coefficient (Wildman–Crippen LogP) is 2.23. The predicted molar refractivity (Wildman–Crippen MR) is 97.9 cm³/mol. The van der Waals surface area contributed by atoms with Gasteiger partial charge in [-0.1, -0.05) is 32.3 Å². The highest BCUT2D eigenvalue weighted by atomic mass is 31.2. The zero-order chi connectivity index (χ0) is 19.3. The molecule has 0 aliphatic rings. The van der Waals surface area contributed by atoms with E-state index in [1.165, 1.54) is 0 Å². The van der Waals surface area contributed by atoms with Crippen LogP contribution in [-0.4, -0.2) is 57.8 Å². The molecule has 0 aromatic carbocycles. The lowest BCUT2D eigenvalue weighted by molar-refractivity contribution is -0.870. The first-order chi connectivity index (χ1) is 11.5. The second-order valence-corrected chi connectivity index (χ2v) is 8.70. The molecule has 0 rings (SSSR count). The molecule has 148 valence electrons. The molecule has 8 heteroatoms. The van der Waals surface area contributed by atoms with Crippen molar-refractivity contribution in [2.75, 3.05) is 47.4 Å². The lowest BCUT2D eigenvalue weighted by Gasteiger charge is -2.27. The molecule has 0 saturated heterocycles. The SMILES string of the molecule is C=C(C)C(=O)NCCCCCCCCOP(=O)([O-])OCC[N+](C)(C)C. The van der Waals surface area contributed by atoms with Crippen LogP contribution in [0.3, 0.4) is 0 Å². The van der Waals surface area contributed by atoms with Crippen molar-refractivity contribution in [3.05, 3.63) is 12.2 Å². The van der Waals surface area contributed by atoms with Crippen LogP contribution in [0.4, 0.5) is 0 Å². The van der Waals surface area contributed by atoms with Crippen LogP contribution >= 0.6 is 7.82 Å². The second kappa shape index (κ2) is 12.6. The van der Waals surface area contributed by atoms with Crippen molar-refractivity contribution in [1.82, 2.24) is 5.32 Å². The molecule has 0 aliphatic carbocycles. The van der Waals surface area contributed by atoms with Crippen molar-refractivity contribution in [2.45, 2.75) is 45.4 Å². The van der Waals surface area contributed by atoms with Crippen LogP contribution in [0.1, 0.15) is 45.4 Å². The number of carbonyl (C=O) groups is 1. The molecule has 0 radical (unpaired) electrons. The number of nitrogens with zero attached hydrogens (tertiary/aromatic N) is 1. The van der Waals surface area contributed by atoms with Gasteiger partial charge in [0.15, 0.2) is 0 Å². The fourth-order valence-corrected chi connectivity index (χ4v) is 2.66. The number of rotatable bonds is 15. The maximum atomic E-state index is 11.6. The fourth-order valence-electron chi connectivity index (χ4n) is 1.93. The third-order valence-electron chi connectivity index (χ3n) is 3.51. The summed E-state index contributed by atoms with van der Waals surface area (Å²) in [4.78, 5) is 22.8. The lowest BCUT2D eigenvalue weighted by atomic mass is 10.1. The molecular formula is C17H35N2O5P. The van der Waals surface area contributed by atoms with Gasteiger partial charge in [0.1, 0.15) is 13.2 Å². The van der Waals surface area contributed by atoms with Gasteiger partial charge in [-0.3, -0.25) is 9.36 Å². The zero-order valence-corrected chi connectivity index (χ0v) is 17.1. The lowest BCUT2D eigenvalue weighted by Crippen LogP contribution is -2.37. The molecule has 7 nitrogen and oxygen atoms in total. The van der Waals surface area contributed by atoms with Gasteiger partial charge in [0.05, 0.1) is 27.7 Å². The summed E-state index contributed by atoms with van der Waals surface area (Å²) in [6.45, 7) is 6.83. The summed E-state index contributed by atoms with van der Waals surface area (Å²) in [6.07, 6.45) is 5.65. The molecule has 0 spiro atoms. The zero-order valence-electron chi connectivity index (χ0n) is 16.2. The van der Waals surface area contributed by atoms with Crippen LogP contribution in [0.5, 0.6) is 0 Å². The molecule has 25 heavy (non-hydrogen) atoms. The number of phosphoric ester groups is 1. The van der Waals surface area contributed by atoms with Crippen molar-refractivity contribution in [1.29, 1.82) is 0 Å². The van der Waals surface area contributed by atoms with Gasteiger partial charge in [-0.15, -0.1) is 0 Å². The topological polar surface area (TPSA) is 87.7 Å². The number of likely N-dealkylation sites (N-methyl/N-ethyl adjacent to an activating group) is 1. The van der Waals surface area contributed by atoms with Crippen LogP contribution in [0.2, 0.25) is 0 Å². The largest absolute Gasteiger partial charge is 0.756 e. The molecule has 0 saturated carbocycles. The van der Waals surface area contributed by atoms with Crippen LogP contribution in [0.15, 0.2) is 12.2 Å². The van der Waals surface area contributed by atoms with Crippen LogP contribution in [0.25, 0.3) is 0 Å². The van der Waals surface area contributed by atoms with Gasteiger partial charge in [-0.05, 0) is 19.8 Å². The standard InChI is InChI=1S/C17H35N2O5P/c1-16(2)17(20)18-12-10-8-6-7-9-11-14-23-25(21,22)24-15-13-19(3,4)5/h1,6-15H2,2-5H3,(H-,18,20,21,22). The maximum Gasteiger partial charge on any atom is 0.268 e. The summed E-state index contributed by atoms with van der Waals surface area (Å²) in [5.41, 5.74) is 0.525. The number of hydrogen-bond donors (Lipinski definition) is 1. The number of hydrogen-bond acceptors (Lipinski definition) is 5. The van der Waals surface area contributed by atoms with Crippen LogP contribution in [0, 0.1) is 0 Å². The van der Waals surface area contributed by atoms with E-state index in [1.807, 2.05) is 21.1 Å². The van der Waals surface area contributed by atoms with Gasteiger partial charge in [-0.2, -0.15) is 0 Å². The van der Waals surface area contributed by atoms with E-state index in [2.05, 4.69) is 11.9 Å². The normalized spacial score (nSPS) is 14.1. The number of nitrogens with one attached hydrogen (secondary N) is 1. The molecule has 0 aliphatic heterocycles. The Labute approximate surface area is 152 Å². The van der Waals surface area contributed by atoms with E-state index in [0.29, 0.717) is 29.6 Å². The first-order valence-electron chi connectivity index (χ1n) is 8.88. The summed E-state index contributed by atoms with van der Waals surface area (Å²) in [6, 6.07) is 0. The maximum absolute atomic E-state index is 11.6. The van der Waals surface area contributed by atoms with Gasteiger partial charge < -0.3 is 23.7 Å². The highest BCUT2D eigenvalue weighted by molar-refractivity contribution is 7.45. The Morgan fingerprint density at radius 3 is 2.12 bits per heavy atom. The monoisotopic (exact) mass is 378 g/mol. The number of amides is 1. The van der Waals surface area contributed by atoms with E-state index in [9.17, 15) is 14.3 Å². The second-order valence-electron chi connectivity index (χ2n) is 7.29. The van der Waals surface area contributed by atoms with Gasteiger partial charge in [0, 0.05) is 12.1 Å². The third kappa shape index (κ3) is 16.5. The minimum atomic E-state index is -4.17. The van der Waals surface area contributed by atoms with Gasteiger partial charge in [-0.25, -0.2) is 0 Å². The van der Waals surface area contributed by atoms with Gasteiger partial charge in [0.2, 0.25) is 5.91 Å². The summed E-state index contributed by atoms with van der Waals surface area (Å²) < 4.78 is 21.9. The smallest absolute Gasteiger partial charge is 0.268 e. The molecule has 1 N–H and O–H groups in total. The van der Waals surface area contributed by atoms with Gasteiger partial charge in [0.25, 0.3) is 7.82 Å².